The maximum Gasteiger partial charge on any atom is 0.333 e. The summed E-state index contributed by atoms with van der Waals surface area (Å²) in [4.78, 5) is 8.20. The molecule has 1 N–H and O–H groups in total. The standard InChI is InChI=1S/C23H23F2N9O4S/c1-13(20-27-11-15(10-26)12-28-20)14(2)39(35,36)32-23-30-29-21(16-8-9-33(31-16)22(24)25)34(23)19-17(37-3)6-5-7-18(19)38-4/h5-9,11-14,22H,1-4H3,(H,30,32)/t13-,14-/m0/s1. The van der Waals surface area contributed by atoms with Gasteiger partial charge in [-0.25, -0.2) is 23.1 Å². The molecule has 0 aliphatic heterocycles. The number of nitrogens with one attached hydrogen (secondary N) is 1. The Kier molecular flexibility index (Phi) is 7.72. The highest BCUT2D eigenvalue weighted by molar-refractivity contribution is 7.93. The summed E-state index contributed by atoms with van der Waals surface area (Å²) in [7, 11) is -1.37. The van der Waals surface area contributed by atoms with E-state index in [0.717, 1.165) is 6.20 Å². The lowest BCUT2D eigenvalue weighted by Crippen LogP contribution is -2.31. The molecule has 0 bridgehead atoms. The molecule has 0 saturated heterocycles. The molecule has 16 heteroatoms. The molecular formula is C23H23F2N9O4S. The van der Waals surface area contributed by atoms with Crippen LogP contribution in [-0.2, 0) is 10.0 Å². The zero-order valence-corrected chi connectivity index (χ0v) is 22.0. The molecule has 0 unspecified atom stereocenters. The molecule has 0 amide bonds. The Morgan fingerprint density at radius 2 is 1.69 bits per heavy atom. The summed E-state index contributed by atoms with van der Waals surface area (Å²) in [6, 6.07) is 8.06. The van der Waals surface area contributed by atoms with Gasteiger partial charge in [-0.1, -0.05) is 13.0 Å². The van der Waals surface area contributed by atoms with E-state index >= 15 is 0 Å². The first-order chi connectivity index (χ1) is 18.6. The molecule has 2 atom stereocenters. The molecule has 39 heavy (non-hydrogen) atoms. The van der Waals surface area contributed by atoms with Crippen LogP contribution >= 0.6 is 0 Å². The van der Waals surface area contributed by atoms with E-state index in [1.54, 1.807) is 25.1 Å². The van der Waals surface area contributed by atoms with Crippen LogP contribution in [-0.4, -0.2) is 62.4 Å². The van der Waals surface area contributed by atoms with Gasteiger partial charge < -0.3 is 9.47 Å². The summed E-state index contributed by atoms with van der Waals surface area (Å²) in [6.07, 6.45) is 3.67. The Bertz CT molecular complexity index is 1590. The number of methoxy groups -OCH3 is 2. The van der Waals surface area contributed by atoms with Crippen LogP contribution < -0.4 is 14.2 Å². The zero-order valence-electron chi connectivity index (χ0n) is 21.1. The maximum atomic E-state index is 13.5. The average Bonchev–Trinajstić information content (AvgIpc) is 3.59. The number of hydrogen-bond acceptors (Lipinski definition) is 10. The van der Waals surface area contributed by atoms with Crippen molar-refractivity contribution >= 4 is 16.0 Å². The van der Waals surface area contributed by atoms with Crippen LogP contribution in [0.1, 0.15) is 37.7 Å². The zero-order chi connectivity index (χ0) is 28.3. The Labute approximate surface area is 222 Å². The Balaban J connectivity index is 1.81. The number of alkyl halides is 2. The molecule has 0 fully saturated rings. The molecular weight excluding hydrogens is 536 g/mol. The highest BCUT2D eigenvalue weighted by atomic mass is 32.2. The molecule has 0 radical (unpaired) electrons. The van der Waals surface area contributed by atoms with Crippen LogP contribution in [0.25, 0.3) is 17.2 Å². The molecule has 0 aliphatic carbocycles. The monoisotopic (exact) mass is 559 g/mol. The summed E-state index contributed by atoms with van der Waals surface area (Å²) in [5, 5.41) is 19.8. The molecule has 3 aromatic heterocycles. The van der Waals surface area contributed by atoms with Crippen molar-refractivity contribution in [2.75, 3.05) is 18.9 Å². The van der Waals surface area contributed by atoms with Crippen molar-refractivity contribution in [1.29, 1.82) is 5.26 Å². The van der Waals surface area contributed by atoms with Gasteiger partial charge in [-0.2, -0.15) is 19.1 Å². The van der Waals surface area contributed by atoms with E-state index in [1.165, 1.54) is 44.2 Å². The third kappa shape index (κ3) is 5.34. The number of ether oxygens (including phenoxy) is 2. The Hall–Kier alpha value is -4.65. The molecule has 4 rings (SSSR count). The molecule has 204 valence electrons. The number of anilines is 1. The van der Waals surface area contributed by atoms with Crippen molar-refractivity contribution in [1.82, 2.24) is 34.5 Å². The summed E-state index contributed by atoms with van der Waals surface area (Å²) in [5.41, 5.74) is 0.441. The Morgan fingerprint density at radius 3 is 2.23 bits per heavy atom. The van der Waals surface area contributed by atoms with E-state index in [2.05, 4.69) is 30.0 Å². The van der Waals surface area contributed by atoms with Gasteiger partial charge in [0.1, 0.15) is 34.8 Å². The van der Waals surface area contributed by atoms with Crippen molar-refractivity contribution in [2.45, 2.75) is 31.6 Å². The molecule has 13 nitrogen and oxygen atoms in total. The number of hydrogen-bond donors (Lipinski definition) is 1. The van der Waals surface area contributed by atoms with Crippen molar-refractivity contribution in [3.05, 3.63) is 54.2 Å². The van der Waals surface area contributed by atoms with Crippen molar-refractivity contribution < 1.29 is 26.7 Å². The SMILES string of the molecule is COc1cccc(OC)c1-n1c(NS(=O)(=O)[C@@H](C)[C@H](C)c2ncc(C#N)cn2)nnc1-c1ccn(C(F)F)n1. The minimum atomic E-state index is -4.17. The third-order valence-electron chi connectivity index (χ3n) is 5.96. The first kappa shape index (κ1) is 27.4. The molecule has 0 saturated carbocycles. The highest BCUT2D eigenvalue weighted by Crippen LogP contribution is 2.38. The largest absolute Gasteiger partial charge is 0.494 e. The average molecular weight is 560 g/mol. The molecule has 4 aromatic rings. The van der Waals surface area contributed by atoms with Crippen molar-refractivity contribution in [3.8, 4) is 34.8 Å². The number of nitrogens with zero attached hydrogens (tertiary/aromatic N) is 8. The second kappa shape index (κ2) is 11.0. The fraction of sp³-hybridized carbons (Fsp3) is 0.304. The number of aromatic nitrogens is 7. The molecule has 0 spiro atoms. The van der Waals surface area contributed by atoms with Gasteiger partial charge >= 0.3 is 6.55 Å². The van der Waals surface area contributed by atoms with Crippen molar-refractivity contribution in [2.24, 2.45) is 0 Å². The molecule has 0 aliphatic rings. The van der Waals surface area contributed by atoms with E-state index in [0.29, 0.717) is 4.68 Å². The normalized spacial score (nSPS) is 13.1. The van der Waals surface area contributed by atoms with Gasteiger partial charge in [-0.05, 0) is 25.1 Å². The summed E-state index contributed by atoms with van der Waals surface area (Å²) >= 11 is 0. The fourth-order valence-electron chi connectivity index (χ4n) is 3.68. The first-order valence-electron chi connectivity index (χ1n) is 11.3. The number of halogens is 2. The molecule has 1 aromatic carbocycles. The predicted octanol–water partition coefficient (Wildman–Crippen LogP) is 3.14. The van der Waals surface area contributed by atoms with Gasteiger partial charge in [0.25, 0.3) is 0 Å². The van der Waals surface area contributed by atoms with Crippen LogP contribution in [0.5, 0.6) is 11.5 Å². The summed E-state index contributed by atoms with van der Waals surface area (Å²) in [5.74, 6) is -0.259. The summed E-state index contributed by atoms with van der Waals surface area (Å²) in [6.45, 7) is 0.187. The summed E-state index contributed by atoms with van der Waals surface area (Å²) < 4.78 is 68.5. The van der Waals surface area contributed by atoms with Gasteiger partial charge in [0.05, 0.1) is 25.0 Å². The number of rotatable bonds is 10. The topological polar surface area (TPSA) is 163 Å². The lowest BCUT2D eigenvalue weighted by atomic mass is 10.1. The smallest absolute Gasteiger partial charge is 0.333 e. The van der Waals surface area contributed by atoms with Crippen molar-refractivity contribution in [3.63, 3.8) is 0 Å². The Morgan fingerprint density at radius 1 is 1.05 bits per heavy atom. The van der Waals surface area contributed by atoms with Gasteiger partial charge in [0.15, 0.2) is 5.82 Å². The third-order valence-corrected chi connectivity index (χ3v) is 7.82. The van der Waals surface area contributed by atoms with E-state index in [9.17, 15) is 17.2 Å². The lowest BCUT2D eigenvalue weighted by molar-refractivity contribution is 0.0568. The maximum absolute atomic E-state index is 13.5. The van der Waals surface area contributed by atoms with Crippen LogP contribution in [0.15, 0.2) is 42.9 Å². The minimum Gasteiger partial charge on any atom is -0.494 e. The van der Waals surface area contributed by atoms with E-state index in [4.69, 9.17) is 14.7 Å². The van der Waals surface area contributed by atoms with Crippen LogP contribution in [0.2, 0.25) is 0 Å². The van der Waals surface area contributed by atoms with Crippen LogP contribution in [0.3, 0.4) is 0 Å². The predicted molar refractivity (Wildman–Crippen MR) is 134 cm³/mol. The van der Waals surface area contributed by atoms with Gasteiger partial charge in [-0.15, -0.1) is 10.2 Å². The number of nitriles is 1. The van der Waals surface area contributed by atoms with E-state index < -0.39 is 27.7 Å². The van der Waals surface area contributed by atoms with Crippen LogP contribution in [0.4, 0.5) is 14.7 Å². The van der Waals surface area contributed by atoms with Gasteiger partial charge in [0, 0.05) is 24.5 Å². The first-order valence-corrected chi connectivity index (χ1v) is 12.9. The van der Waals surface area contributed by atoms with Crippen LogP contribution in [0, 0.1) is 11.3 Å². The minimum absolute atomic E-state index is 0.00592. The quantitative estimate of drug-likeness (QED) is 0.305. The lowest BCUT2D eigenvalue weighted by Gasteiger charge is -2.21. The number of para-hydroxylation sites is 1. The second-order valence-corrected chi connectivity index (χ2v) is 10.3. The van der Waals surface area contributed by atoms with E-state index in [-0.39, 0.29) is 46.0 Å². The van der Waals surface area contributed by atoms with Gasteiger partial charge in [0.2, 0.25) is 16.0 Å². The number of sulfonamides is 1. The fourth-order valence-corrected chi connectivity index (χ4v) is 4.91. The van der Waals surface area contributed by atoms with Gasteiger partial charge in [-0.3, -0.25) is 9.29 Å². The number of benzene rings is 1. The molecule has 3 heterocycles. The second-order valence-electron chi connectivity index (χ2n) is 8.24. The highest BCUT2D eigenvalue weighted by Gasteiger charge is 2.33. The van der Waals surface area contributed by atoms with E-state index in [1.807, 2.05) is 6.07 Å².